The first-order chi connectivity index (χ1) is 17.8. The van der Waals surface area contributed by atoms with E-state index in [4.69, 9.17) is 0 Å². The van der Waals surface area contributed by atoms with E-state index in [1.165, 1.54) is 27.5 Å². The molecule has 10 heteroatoms. The SMILES string of the molecule is CC(=NNC(=O)[C@@H](C)Sc1nnc(CNc2ccc(I)cc2C)n1-c1ccccc1)c1ccc(F)cc1. The summed E-state index contributed by atoms with van der Waals surface area (Å²) in [5.41, 5.74) is 6.99. The van der Waals surface area contributed by atoms with Crippen molar-refractivity contribution in [2.24, 2.45) is 5.10 Å². The van der Waals surface area contributed by atoms with E-state index < -0.39 is 5.25 Å². The van der Waals surface area contributed by atoms with Gasteiger partial charge in [0.25, 0.3) is 5.91 Å². The number of amides is 1. The van der Waals surface area contributed by atoms with E-state index in [9.17, 15) is 9.18 Å². The van der Waals surface area contributed by atoms with E-state index in [2.05, 4.69) is 73.8 Å². The standard InChI is InChI=1S/C27H26FIN6OS/c1-17-15-22(29)13-14-24(17)30-16-25-32-34-27(35(25)23-7-5-4-6-8-23)37-19(3)26(36)33-31-18(2)20-9-11-21(28)12-10-20/h4-15,19,30H,16H2,1-3H3,(H,33,36)/t19-/m1/s1. The second-order valence-electron chi connectivity index (χ2n) is 8.32. The number of carbonyl (C=O) groups is 1. The van der Waals surface area contributed by atoms with Crippen molar-refractivity contribution in [3.05, 3.63) is 99.1 Å². The highest BCUT2D eigenvalue weighted by molar-refractivity contribution is 14.1. The van der Waals surface area contributed by atoms with Crippen LogP contribution in [0, 0.1) is 16.3 Å². The van der Waals surface area contributed by atoms with Gasteiger partial charge in [0.15, 0.2) is 11.0 Å². The fourth-order valence-electron chi connectivity index (χ4n) is 3.52. The fraction of sp³-hybridized carbons (Fsp3) is 0.185. The zero-order valence-corrected chi connectivity index (χ0v) is 23.5. The Bertz CT molecular complexity index is 1410. The molecule has 3 aromatic carbocycles. The van der Waals surface area contributed by atoms with Crippen molar-refractivity contribution in [2.45, 2.75) is 37.7 Å². The average Bonchev–Trinajstić information content (AvgIpc) is 3.29. The van der Waals surface area contributed by atoms with E-state index in [0.717, 1.165) is 28.3 Å². The van der Waals surface area contributed by atoms with Crippen molar-refractivity contribution >= 4 is 51.7 Å². The summed E-state index contributed by atoms with van der Waals surface area (Å²) in [5, 5.41) is 16.6. The first-order valence-electron chi connectivity index (χ1n) is 11.6. The van der Waals surface area contributed by atoms with E-state index in [0.29, 0.717) is 17.4 Å². The van der Waals surface area contributed by atoms with Gasteiger partial charge in [-0.3, -0.25) is 9.36 Å². The number of halogens is 2. The molecule has 0 bridgehead atoms. The molecule has 0 radical (unpaired) electrons. The van der Waals surface area contributed by atoms with E-state index in [-0.39, 0.29) is 11.7 Å². The number of aryl methyl sites for hydroxylation is 1. The molecule has 0 saturated heterocycles. The lowest BCUT2D eigenvalue weighted by Crippen LogP contribution is -2.28. The van der Waals surface area contributed by atoms with Crippen LogP contribution in [0.15, 0.2) is 83.1 Å². The predicted octanol–water partition coefficient (Wildman–Crippen LogP) is 5.95. The minimum Gasteiger partial charge on any atom is -0.378 e. The molecular formula is C27H26FIN6OS. The van der Waals surface area contributed by atoms with Crippen molar-refractivity contribution < 1.29 is 9.18 Å². The van der Waals surface area contributed by atoms with Gasteiger partial charge in [-0.15, -0.1) is 10.2 Å². The number of hydrogen-bond acceptors (Lipinski definition) is 6. The lowest BCUT2D eigenvalue weighted by Gasteiger charge is -2.14. The van der Waals surface area contributed by atoms with Crippen molar-refractivity contribution in [1.29, 1.82) is 0 Å². The molecule has 37 heavy (non-hydrogen) atoms. The second kappa shape index (κ2) is 12.3. The summed E-state index contributed by atoms with van der Waals surface area (Å²) in [6.07, 6.45) is 0. The molecule has 1 atom stereocenters. The lowest BCUT2D eigenvalue weighted by atomic mass is 10.1. The molecule has 4 rings (SSSR count). The van der Waals surface area contributed by atoms with Gasteiger partial charge in [0.2, 0.25) is 0 Å². The molecule has 0 fully saturated rings. The Hall–Kier alpha value is -3.25. The molecule has 1 heterocycles. The summed E-state index contributed by atoms with van der Waals surface area (Å²) in [4.78, 5) is 12.8. The normalized spacial score (nSPS) is 12.3. The number of nitrogens with zero attached hydrogens (tertiary/aromatic N) is 4. The first kappa shape index (κ1) is 26.8. The number of nitrogens with one attached hydrogen (secondary N) is 2. The van der Waals surface area contributed by atoms with Crippen LogP contribution in [0.4, 0.5) is 10.1 Å². The third-order valence-electron chi connectivity index (χ3n) is 5.59. The Morgan fingerprint density at radius 2 is 1.84 bits per heavy atom. The summed E-state index contributed by atoms with van der Waals surface area (Å²) >= 11 is 3.60. The minimum absolute atomic E-state index is 0.275. The zero-order valence-electron chi connectivity index (χ0n) is 20.6. The molecule has 0 saturated carbocycles. The Kier molecular flexibility index (Phi) is 8.93. The maximum atomic E-state index is 13.2. The van der Waals surface area contributed by atoms with Gasteiger partial charge in [0, 0.05) is 14.9 Å². The molecule has 0 aliphatic heterocycles. The highest BCUT2D eigenvalue weighted by atomic mass is 127. The number of hydrazone groups is 1. The third-order valence-corrected chi connectivity index (χ3v) is 7.30. The Morgan fingerprint density at radius 1 is 1.11 bits per heavy atom. The molecule has 0 unspecified atom stereocenters. The molecule has 0 spiro atoms. The number of hydrogen-bond donors (Lipinski definition) is 2. The lowest BCUT2D eigenvalue weighted by molar-refractivity contribution is -0.120. The van der Waals surface area contributed by atoms with Crippen LogP contribution < -0.4 is 10.7 Å². The van der Waals surface area contributed by atoms with Crippen LogP contribution in [0.3, 0.4) is 0 Å². The Balaban J connectivity index is 1.50. The minimum atomic E-state index is -0.490. The van der Waals surface area contributed by atoms with Crippen molar-refractivity contribution in [1.82, 2.24) is 20.2 Å². The molecule has 0 aliphatic carbocycles. The van der Waals surface area contributed by atoms with Crippen LogP contribution in [-0.4, -0.2) is 31.6 Å². The van der Waals surface area contributed by atoms with Gasteiger partial charge in [0.1, 0.15) is 5.82 Å². The van der Waals surface area contributed by atoms with Gasteiger partial charge in [-0.25, -0.2) is 9.82 Å². The quantitative estimate of drug-likeness (QED) is 0.104. The first-order valence-corrected chi connectivity index (χ1v) is 13.5. The van der Waals surface area contributed by atoms with Crippen molar-refractivity contribution in [2.75, 3.05) is 5.32 Å². The summed E-state index contributed by atoms with van der Waals surface area (Å²) in [5.74, 6) is 0.129. The maximum Gasteiger partial charge on any atom is 0.253 e. The fourth-order valence-corrected chi connectivity index (χ4v) is 5.05. The number of thioether (sulfide) groups is 1. The number of benzene rings is 3. The van der Waals surface area contributed by atoms with Gasteiger partial charge < -0.3 is 5.32 Å². The topological polar surface area (TPSA) is 84.2 Å². The zero-order chi connectivity index (χ0) is 26.4. The molecule has 2 N–H and O–H groups in total. The van der Waals surface area contributed by atoms with Crippen molar-refractivity contribution in [3.63, 3.8) is 0 Å². The van der Waals surface area contributed by atoms with E-state index in [1.807, 2.05) is 34.9 Å². The molecule has 4 aromatic rings. The predicted molar refractivity (Wildman–Crippen MR) is 155 cm³/mol. The second-order valence-corrected chi connectivity index (χ2v) is 10.9. The highest BCUT2D eigenvalue weighted by Crippen LogP contribution is 2.27. The van der Waals surface area contributed by atoms with Crippen LogP contribution in [-0.2, 0) is 11.3 Å². The number of para-hydroxylation sites is 1. The van der Waals surface area contributed by atoms with Crippen LogP contribution in [0.2, 0.25) is 0 Å². The van der Waals surface area contributed by atoms with Gasteiger partial charge in [-0.05, 0) is 97.0 Å². The Morgan fingerprint density at radius 3 is 2.54 bits per heavy atom. The monoisotopic (exact) mass is 628 g/mol. The summed E-state index contributed by atoms with van der Waals surface area (Å²) in [6.45, 7) is 6.07. The highest BCUT2D eigenvalue weighted by Gasteiger charge is 2.21. The molecule has 1 aromatic heterocycles. The number of aromatic nitrogens is 3. The summed E-state index contributed by atoms with van der Waals surface area (Å²) in [7, 11) is 0. The van der Waals surface area contributed by atoms with E-state index >= 15 is 0 Å². The van der Waals surface area contributed by atoms with Gasteiger partial charge in [-0.1, -0.05) is 42.1 Å². The van der Waals surface area contributed by atoms with Crippen LogP contribution >= 0.6 is 34.4 Å². The van der Waals surface area contributed by atoms with Gasteiger partial charge in [0.05, 0.1) is 17.5 Å². The Labute approximate surface area is 233 Å². The number of rotatable bonds is 9. The maximum absolute atomic E-state index is 13.2. The van der Waals surface area contributed by atoms with Crippen molar-refractivity contribution in [3.8, 4) is 5.69 Å². The summed E-state index contributed by atoms with van der Waals surface area (Å²) < 4.78 is 16.3. The molecular weight excluding hydrogens is 602 g/mol. The van der Waals surface area contributed by atoms with Crippen LogP contribution in [0.5, 0.6) is 0 Å². The van der Waals surface area contributed by atoms with E-state index in [1.54, 1.807) is 26.0 Å². The number of anilines is 1. The van der Waals surface area contributed by atoms with Gasteiger partial charge in [-0.2, -0.15) is 5.10 Å². The largest absolute Gasteiger partial charge is 0.378 e. The molecule has 7 nitrogen and oxygen atoms in total. The summed E-state index contributed by atoms with van der Waals surface area (Å²) in [6, 6.07) is 22.0. The average molecular weight is 629 g/mol. The van der Waals surface area contributed by atoms with Crippen LogP contribution in [0.25, 0.3) is 5.69 Å². The third kappa shape index (κ3) is 6.95. The smallest absolute Gasteiger partial charge is 0.253 e. The van der Waals surface area contributed by atoms with Crippen LogP contribution in [0.1, 0.15) is 30.8 Å². The molecule has 190 valence electrons. The molecule has 1 amide bonds. The number of carbonyl (C=O) groups excluding carboxylic acids is 1. The van der Waals surface area contributed by atoms with Gasteiger partial charge >= 0.3 is 0 Å². The molecule has 0 aliphatic rings.